The van der Waals surface area contributed by atoms with Crippen molar-refractivity contribution in [1.29, 1.82) is 0 Å². The first kappa shape index (κ1) is 18.0. The Kier molecular flexibility index (Phi) is 5.89. The molecule has 0 atom stereocenters. The van der Waals surface area contributed by atoms with Gasteiger partial charge in [-0.1, -0.05) is 11.6 Å². The maximum absolute atomic E-state index is 12.1. The summed E-state index contributed by atoms with van der Waals surface area (Å²) in [6.07, 6.45) is 4.52. The van der Waals surface area contributed by atoms with Gasteiger partial charge in [-0.2, -0.15) is 4.31 Å². The van der Waals surface area contributed by atoms with Crippen molar-refractivity contribution in [3.63, 3.8) is 0 Å². The molecule has 0 aromatic heterocycles. The number of benzene rings is 1. The Balaban J connectivity index is 2.14. The van der Waals surface area contributed by atoms with E-state index in [9.17, 15) is 13.2 Å². The Labute approximate surface area is 142 Å². The van der Waals surface area contributed by atoms with Crippen molar-refractivity contribution < 1.29 is 13.2 Å². The lowest BCUT2D eigenvalue weighted by Crippen LogP contribution is -2.35. The maximum Gasteiger partial charge on any atom is 0.239 e. The van der Waals surface area contributed by atoms with E-state index in [4.69, 9.17) is 11.6 Å². The number of piperidine rings is 1. The van der Waals surface area contributed by atoms with Gasteiger partial charge >= 0.3 is 0 Å². The molecule has 0 saturated carbocycles. The summed E-state index contributed by atoms with van der Waals surface area (Å²) in [7, 11) is -2.02. The predicted octanol–water partition coefficient (Wildman–Crippen LogP) is 2.16. The first-order valence-electron chi connectivity index (χ1n) is 7.53. The van der Waals surface area contributed by atoms with Gasteiger partial charge in [-0.15, -0.1) is 0 Å². The summed E-state index contributed by atoms with van der Waals surface area (Å²) in [5, 5.41) is 3.31. The molecular formula is C15H22ClN3O3S. The van der Waals surface area contributed by atoms with Gasteiger partial charge in [0.2, 0.25) is 15.9 Å². The van der Waals surface area contributed by atoms with E-state index in [1.807, 2.05) is 6.07 Å². The standard InChI is InChI=1S/C15H22ClN3O3S/c1-18(23(2,21)22)11-15(20)17-13-10-12(16)6-7-14(13)19-8-4-3-5-9-19/h6-7,10H,3-5,8-9,11H2,1-2H3,(H,17,20). The maximum atomic E-state index is 12.1. The Morgan fingerprint density at radius 2 is 1.96 bits per heavy atom. The molecule has 1 aliphatic rings. The van der Waals surface area contributed by atoms with Gasteiger partial charge in [0.1, 0.15) is 0 Å². The third-order valence-corrected chi connectivity index (χ3v) is 5.36. The number of nitrogens with one attached hydrogen (secondary N) is 1. The Morgan fingerprint density at radius 1 is 1.30 bits per heavy atom. The van der Waals surface area contributed by atoms with Crippen LogP contribution in [-0.4, -0.2) is 51.6 Å². The number of hydrogen-bond donors (Lipinski definition) is 1. The summed E-state index contributed by atoms with van der Waals surface area (Å²) in [6, 6.07) is 5.39. The van der Waals surface area contributed by atoms with Gasteiger partial charge in [0.05, 0.1) is 24.2 Å². The second-order valence-electron chi connectivity index (χ2n) is 5.78. The van der Waals surface area contributed by atoms with Gasteiger partial charge < -0.3 is 10.2 Å². The third kappa shape index (κ3) is 5.09. The van der Waals surface area contributed by atoms with E-state index in [1.165, 1.54) is 13.5 Å². The normalized spacial score (nSPS) is 15.7. The lowest BCUT2D eigenvalue weighted by Gasteiger charge is -2.30. The zero-order valence-corrected chi connectivity index (χ0v) is 15.0. The van der Waals surface area contributed by atoms with E-state index in [0.717, 1.165) is 42.2 Å². The molecule has 0 unspecified atom stereocenters. The number of anilines is 2. The number of sulfonamides is 1. The molecule has 128 valence electrons. The van der Waals surface area contributed by atoms with Crippen LogP contribution in [0.4, 0.5) is 11.4 Å². The van der Waals surface area contributed by atoms with E-state index < -0.39 is 15.9 Å². The highest BCUT2D eigenvalue weighted by atomic mass is 35.5. The van der Waals surface area contributed by atoms with E-state index in [0.29, 0.717) is 10.7 Å². The van der Waals surface area contributed by atoms with Crippen molar-refractivity contribution in [2.45, 2.75) is 19.3 Å². The minimum Gasteiger partial charge on any atom is -0.370 e. The van der Waals surface area contributed by atoms with Crippen LogP contribution in [0.1, 0.15) is 19.3 Å². The third-order valence-electron chi connectivity index (χ3n) is 3.86. The van der Waals surface area contributed by atoms with Crippen molar-refractivity contribution in [1.82, 2.24) is 4.31 Å². The van der Waals surface area contributed by atoms with Crippen molar-refractivity contribution in [3.8, 4) is 0 Å². The van der Waals surface area contributed by atoms with Crippen LogP contribution in [-0.2, 0) is 14.8 Å². The summed E-state index contributed by atoms with van der Waals surface area (Å²) in [5.74, 6) is -0.390. The van der Waals surface area contributed by atoms with Crippen LogP contribution >= 0.6 is 11.6 Å². The molecular weight excluding hydrogens is 338 g/mol. The number of nitrogens with zero attached hydrogens (tertiary/aromatic N) is 2. The van der Waals surface area contributed by atoms with Gasteiger partial charge in [0.15, 0.2) is 0 Å². The average molecular weight is 360 g/mol. The molecule has 1 aromatic carbocycles. The van der Waals surface area contributed by atoms with Crippen LogP contribution in [0, 0.1) is 0 Å². The Hall–Kier alpha value is -1.31. The van der Waals surface area contributed by atoms with E-state index in [2.05, 4.69) is 10.2 Å². The molecule has 1 fully saturated rings. The van der Waals surface area contributed by atoms with E-state index >= 15 is 0 Å². The highest BCUT2D eigenvalue weighted by molar-refractivity contribution is 7.88. The predicted molar refractivity (Wildman–Crippen MR) is 93.6 cm³/mol. The number of likely N-dealkylation sites (N-methyl/N-ethyl adjacent to an activating group) is 1. The molecule has 6 nitrogen and oxygen atoms in total. The summed E-state index contributed by atoms with van der Waals surface area (Å²) < 4.78 is 23.8. The number of carbonyl (C=O) groups is 1. The molecule has 23 heavy (non-hydrogen) atoms. The Bertz CT molecular complexity index is 673. The topological polar surface area (TPSA) is 69.7 Å². The molecule has 1 N–H and O–H groups in total. The molecule has 0 radical (unpaired) electrons. The first-order valence-corrected chi connectivity index (χ1v) is 9.75. The number of amides is 1. The number of rotatable bonds is 5. The molecule has 1 amide bonds. The minimum absolute atomic E-state index is 0.231. The zero-order chi connectivity index (χ0) is 17.0. The van der Waals surface area contributed by atoms with Crippen LogP contribution < -0.4 is 10.2 Å². The van der Waals surface area contributed by atoms with Crippen LogP contribution in [0.3, 0.4) is 0 Å². The smallest absolute Gasteiger partial charge is 0.239 e. The summed E-state index contributed by atoms with van der Waals surface area (Å²) >= 11 is 6.04. The largest absolute Gasteiger partial charge is 0.370 e. The number of halogens is 1. The lowest BCUT2D eigenvalue weighted by molar-refractivity contribution is -0.116. The fourth-order valence-electron chi connectivity index (χ4n) is 2.53. The first-order chi connectivity index (χ1) is 10.8. The highest BCUT2D eigenvalue weighted by Gasteiger charge is 2.19. The molecule has 2 rings (SSSR count). The minimum atomic E-state index is -3.39. The van der Waals surface area contributed by atoms with E-state index in [1.54, 1.807) is 12.1 Å². The number of hydrogen-bond acceptors (Lipinski definition) is 4. The van der Waals surface area contributed by atoms with Gasteiger partial charge in [-0.3, -0.25) is 4.79 Å². The number of carbonyl (C=O) groups excluding carboxylic acids is 1. The summed E-state index contributed by atoms with van der Waals surface area (Å²) in [5.41, 5.74) is 1.54. The molecule has 1 aliphatic heterocycles. The SMILES string of the molecule is CN(CC(=O)Nc1cc(Cl)ccc1N1CCCCC1)S(C)(=O)=O. The van der Waals surface area contributed by atoms with Crippen molar-refractivity contribution in [2.24, 2.45) is 0 Å². The average Bonchev–Trinajstić information content (AvgIpc) is 2.47. The van der Waals surface area contributed by atoms with Gasteiger partial charge in [-0.05, 0) is 37.5 Å². The highest BCUT2D eigenvalue weighted by Crippen LogP contribution is 2.31. The Morgan fingerprint density at radius 3 is 2.57 bits per heavy atom. The molecule has 1 aromatic rings. The molecule has 0 spiro atoms. The molecule has 1 saturated heterocycles. The van der Waals surface area contributed by atoms with Crippen LogP contribution in [0.15, 0.2) is 18.2 Å². The summed E-state index contributed by atoms with van der Waals surface area (Å²) in [4.78, 5) is 14.4. The second-order valence-corrected chi connectivity index (χ2v) is 8.30. The van der Waals surface area contributed by atoms with Crippen molar-refractivity contribution in [2.75, 3.05) is 43.2 Å². The summed E-state index contributed by atoms with van der Waals surface area (Å²) in [6.45, 7) is 1.65. The quantitative estimate of drug-likeness (QED) is 0.874. The molecule has 8 heteroatoms. The molecule has 1 heterocycles. The van der Waals surface area contributed by atoms with Crippen molar-refractivity contribution >= 4 is 38.9 Å². The molecule has 0 aliphatic carbocycles. The van der Waals surface area contributed by atoms with Crippen molar-refractivity contribution in [3.05, 3.63) is 23.2 Å². The van der Waals surface area contributed by atoms with Crippen LogP contribution in [0.25, 0.3) is 0 Å². The van der Waals surface area contributed by atoms with Crippen LogP contribution in [0.5, 0.6) is 0 Å². The van der Waals surface area contributed by atoms with Gasteiger partial charge in [-0.25, -0.2) is 8.42 Å². The van der Waals surface area contributed by atoms with Gasteiger partial charge in [0.25, 0.3) is 0 Å². The lowest BCUT2D eigenvalue weighted by atomic mass is 10.1. The van der Waals surface area contributed by atoms with E-state index in [-0.39, 0.29) is 6.54 Å². The fourth-order valence-corrected chi connectivity index (χ4v) is 3.05. The van der Waals surface area contributed by atoms with Crippen LogP contribution in [0.2, 0.25) is 5.02 Å². The second kappa shape index (κ2) is 7.51. The zero-order valence-electron chi connectivity index (χ0n) is 13.4. The van der Waals surface area contributed by atoms with Gasteiger partial charge in [0, 0.05) is 25.2 Å². The fraction of sp³-hybridized carbons (Fsp3) is 0.533. The molecule has 0 bridgehead atoms. The monoisotopic (exact) mass is 359 g/mol.